The molecule has 2 aromatic rings. The molecule has 1 aromatic carbocycles. The van der Waals surface area contributed by atoms with Crippen molar-refractivity contribution in [3.05, 3.63) is 53.6 Å². The van der Waals surface area contributed by atoms with E-state index in [9.17, 15) is 4.79 Å². The zero-order valence-corrected chi connectivity index (χ0v) is 11.0. The van der Waals surface area contributed by atoms with Crippen molar-refractivity contribution in [1.82, 2.24) is 0 Å². The molecule has 0 fully saturated rings. The Morgan fingerprint density at radius 2 is 2.21 bits per heavy atom. The molecule has 4 nitrogen and oxygen atoms in total. The first-order valence-corrected chi connectivity index (χ1v) is 6.78. The Morgan fingerprint density at radius 1 is 1.32 bits per heavy atom. The zero-order valence-electron chi connectivity index (χ0n) is 10.2. The average molecular weight is 271 g/mol. The van der Waals surface area contributed by atoms with E-state index in [1.165, 1.54) is 11.3 Å². The number of amides is 2. The minimum absolute atomic E-state index is 0.229. The summed E-state index contributed by atoms with van der Waals surface area (Å²) in [6.45, 7) is 3.90. The van der Waals surface area contributed by atoms with Gasteiger partial charge in [-0.15, -0.1) is 11.3 Å². The normalized spacial score (nSPS) is 12.7. The van der Waals surface area contributed by atoms with Crippen molar-refractivity contribution in [1.29, 1.82) is 0 Å². The van der Waals surface area contributed by atoms with Crippen LogP contribution < -0.4 is 16.0 Å². The first-order chi connectivity index (χ1) is 9.20. The van der Waals surface area contributed by atoms with Gasteiger partial charge in [0.15, 0.2) is 0 Å². The highest BCUT2D eigenvalue weighted by Crippen LogP contribution is 2.29. The number of urea groups is 1. The molecule has 0 radical (unpaired) electrons. The molecular formula is C14H13N3OS. The van der Waals surface area contributed by atoms with Crippen LogP contribution in [0.15, 0.2) is 48.0 Å². The van der Waals surface area contributed by atoms with Gasteiger partial charge in [0.1, 0.15) is 0 Å². The van der Waals surface area contributed by atoms with Gasteiger partial charge in [-0.1, -0.05) is 6.58 Å². The van der Waals surface area contributed by atoms with Crippen LogP contribution in [0.1, 0.15) is 5.56 Å². The Bertz CT molecular complexity index is 634. The maximum Gasteiger partial charge on any atom is 0.324 e. The van der Waals surface area contributed by atoms with Crippen molar-refractivity contribution in [3.8, 4) is 0 Å². The second kappa shape index (κ2) is 4.78. The molecule has 5 heteroatoms. The summed E-state index contributed by atoms with van der Waals surface area (Å²) in [5, 5.41) is 11.5. The fourth-order valence-electron chi connectivity index (χ4n) is 2.03. The van der Waals surface area contributed by atoms with Crippen molar-refractivity contribution in [3.63, 3.8) is 0 Å². The molecule has 1 aliphatic rings. The van der Waals surface area contributed by atoms with Crippen LogP contribution in [0.2, 0.25) is 0 Å². The molecule has 2 amide bonds. The molecule has 0 aliphatic carbocycles. The van der Waals surface area contributed by atoms with E-state index in [2.05, 4.69) is 22.5 Å². The number of rotatable bonds is 2. The minimum Gasteiger partial charge on any atom is -0.359 e. The number of benzene rings is 1. The van der Waals surface area contributed by atoms with Crippen LogP contribution in [-0.2, 0) is 6.42 Å². The first-order valence-electron chi connectivity index (χ1n) is 5.90. The third kappa shape index (κ3) is 2.61. The SMILES string of the molecule is C=C1Cc2cc(NC(=O)Nc3cccs3)ccc2N1. The molecule has 0 spiro atoms. The Hall–Kier alpha value is -2.27. The van der Waals surface area contributed by atoms with Crippen molar-refractivity contribution >= 4 is 33.7 Å². The average Bonchev–Trinajstić information content (AvgIpc) is 2.96. The minimum atomic E-state index is -0.229. The summed E-state index contributed by atoms with van der Waals surface area (Å²) in [6.07, 6.45) is 0.803. The molecule has 0 saturated carbocycles. The quantitative estimate of drug-likeness (QED) is 0.776. The highest BCUT2D eigenvalue weighted by atomic mass is 32.1. The molecule has 2 heterocycles. The molecule has 0 unspecified atom stereocenters. The van der Waals surface area contributed by atoms with E-state index in [1.54, 1.807) is 0 Å². The molecule has 1 aliphatic heterocycles. The van der Waals surface area contributed by atoms with Crippen LogP contribution in [-0.4, -0.2) is 6.03 Å². The number of carbonyl (C=O) groups is 1. The summed E-state index contributed by atoms with van der Waals surface area (Å²) in [6, 6.07) is 9.32. The maximum absolute atomic E-state index is 11.8. The molecule has 96 valence electrons. The van der Waals surface area contributed by atoms with Crippen molar-refractivity contribution in [2.24, 2.45) is 0 Å². The Balaban J connectivity index is 1.69. The van der Waals surface area contributed by atoms with Crippen molar-refractivity contribution < 1.29 is 4.79 Å². The smallest absolute Gasteiger partial charge is 0.324 e. The highest BCUT2D eigenvalue weighted by molar-refractivity contribution is 7.14. The fourth-order valence-corrected chi connectivity index (χ4v) is 2.64. The molecule has 3 rings (SSSR count). The molecule has 0 bridgehead atoms. The number of anilines is 3. The zero-order chi connectivity index (χ0) is 13.2. The van der Waals surface area contributed by atoms with Gasteiger partial charge in [-0.25, -0.2) is 4.79 Å². The number of carbonyl (C=O) groups excluding carboxylic acids is 1. The number of hydrogen-bond acceptors (Lipinski definition) is 3. The van der Waals surface area contributed by atoms with Gasteiger partial charge in [-0.05, 0) is 41.3 Å². The predicted molar refractivity (Wildman–Crippen MR) is 79.9 cm³/mol. The number of allylic oxidation sites excluding steroid dienone is 1. The molecule has 0 saturated heterocycles. The molecule has 0 atom stereocenters. The number of hydrogen-bond donors (Lipinski definition) is 3. The third-order valence-electron chi connectivity index (χ3n) is 2.84. The van der Waals surface area contributed by atoms with E-state index in [0.717, 1.165) is 34.1 Å². The lowest BCUT2D eigenvalue weighted by Crippen LogP contribution is -2.18. The highest BCUT2D eigenvalue weighted by Gasteiger charge is 2.14. The van der Waals surface area contributed by atoms with E-state index in [0.29, 0.717) is 0 Å². The van der Waals surface area contributed by atoms with E-state index < -0.39 is 0 Å². The summed E-state index contributed by atoms with van der Waals surface area (Å²) in [7, 11) is 0. The molecular weight excluding hydrogens is 258 g/mol. The lowest BCUT2D eigenvalue weighted by atomic mass is 10.1. The number of nitrogens with one attached hydrogen (secondary N) is 3. The summed E-state index contributed by atoms with van der Waals surface area (Å²) in [5.41, 5.74) is 3.98. The van der Waals surface area contributed by atoms with Crippen LogP contribution in [0.25, 0.3) is 0 Å². The lowest BCUT2D eigenvalue weighted by molar-refractivity contribution is 0.262. The Labute approximate surface area is 115 Å². The van der Waals surface area contributed by atoms with E-state index in [-0.39, 0.29) is 6.03 Å². The monoisotopic (exact) mass is 271 g/mol. The van der Waals surface area contributed by atoms with Gasteiger partial charge in [0, 0.05) is 23.5 Å². The van der Waals surface area contributed by atoms with Crippen LogP contribution >= 0.6 is 11.3 Å². The fraction of sp³-hybridized carbons (Fsp3) is 0.0714. The van der Waals surface area contributed by atoms with E-state index in [4.69, 9.17) is 0 Å². The van der Waals surface area contributed by atoms with Crippen molar-refractivity contribution in [2.45, 2.75) is 6.42 Å². The van der Waals surface area contributed by atoms with Gasteiger partial charge in [0.2, 0.25) is 0 Å². The predicted octanol–water partition coefficient (Wildman–Crippen LogP) is 3.87. The van der Waals surface area contributed by atoms with Crippen LogP contribution in [0.3, 0.4) is 0 Å². The summed E-state index contributed by atoms with van der Waals surface area (Å²) >= 11 is 1.49. The standard InChI is InChI=1S/C14H13N3OS/c1-9-7-10-8-11(4-5-12(10)15-9)16-14(18)17-13-3-2-6-19-13/h2-6,8,15H,1,7H2,(H2,16,17,18). The number of fused-ring (bicyclic) bond motifs is 1. The van der Waals surface area contributed by atoms with Gasteiger partial charge in [0.25, 0.3) is 0 Å². The van der Waals surface area contributed by atoms with E-state index >= 15 is 0 Å². The van der Waals surface area contributed by atoms with Crippen molar-refractivity contribution in [2.75, 3.05) is 16.0 Å². The molecule has 3 N–H and O–H groups in total. The van der Waals surface area contributed by atoms with E-state index in [1.807, 2.05) is 35.7 Å². The van der Waals surface area contributed by atoms with Gasteiger partial charge in [-0.2, -0.15) is 0 Å². The second-order valence-corrected chi connectivity index (χ2v) is 5.28. The van der Waals surface area contributed by atoms with Crippen LogP contribution in [0, 0.1) is 0 Å². The summed E-state index contributed by atoms with van der Waals surface area (Å²) in [5.74, 6) is 0. The third-order valence-corrected chi connectivity index (χ3v) is 3.62. The topological polar surface area (TPSA) is 53.2 Å². The van der Waals surface area contributed by atoms with Crippen LogP contribution in [0.4, 0.5) is 21.2 Å². The van der Waals surface area contributed by atoms with Gasteiger partial charge >= 0.3 is 6.03 Å². The number of thiophene rings is 1. The summed E-state index contributed by atoms with van der Waals surface area (Å²) in [4.78, 5) is 11.8. The molecule has 19 heavy (non-hydrogen) atoms. The van der Waals surface area contributed by atoms with Gasteiger partial charge < -0.3 is 10.6 Å². The van der Waals surface area contributed by atoms with Gasteiger partial charge in [0.05, 0.1) is 5.00 Å². The maximum atomic E-state index is 11.8. The molecule has 1 aromatic heterocycles. The Morgan fingerprint density at radius 3 is 3.00 bits per heavy atom. The van der Waals surface area contributed by atoms with Gasteiger partial charge in [-0.3, -0.25) is 5.32 Å². The first kappa shape index (κ1) is 11.8. The van der Waals surface area contributed by atoms with Crippen LogP contribution in [0.5, 0.6) is 0 Å². The largest absolute Gasteiger partial charge is 0.359 e. The summed E-state index contributed by atoms with van der Waals surface area (Å²) < 4.78 is 0. The Kier molecular flexibility index (Phi) is 2.97. The lowest BCUT2D eigenvalue weighted by Gasteiger charge is -2.07. The second-order valence-electron chi connectivity index (χ2n) is 4.33.